The second kappa shape index (κ2) is 12.5. The molecule has 2 aromatic rings. The molecule has 0 heterocycles. The van der Waals surface area contributed by atoms with Crippen molar-refractivity contribution in [3.8, 4) is 16.9 Å². The van der Waals surface area contributed by atoms with Crippen molar-refractivity contribution in [2.45, 2.75) is 33.0 Å². The van der Waals surface area contributed by atoms with Gasteiger partial charge in [0.25, 0.3) is 0 Å². The summed E-state index contributed by atoms with van der Waals surface area (Å²) < 4.78 is 22.3. The number of rotatable bonds is 13. The maximum absolute atomic E-state index is 5.80. The number of hydrogen-bond acceptors (Lipinski definition) is 4. The Morgan fingerprint density at radius 2 is 1.35 bits per heavy atom. The zero-order valence-corrected chi connectivity index (χ0v) is 15.9. The van der Waals surface area contributed by atoms with E-state index in [1.165, 1.54) is 11.1 Å². The molecular formula is C22H30O4. The normalized spacial score (nSPS) is 11.0. The molecule has 0 saturated carbocycles. The van der Waals surface area contributed by atoms with Gasteiger partial charge in [0.05, 0.1) is 13.2 Å². The molecule has 0 fully saturated rings. The van der Waals surface area contributed by atoms with Gasteiger partial charge < -0.3 is 18.9 Å². The number of ether oxygens (including phenoxy) is 4. The summed E-state index contributed by atoms with van der Waals surface area (Å²) in [5.74, 6) is 0.901. The van der Waals surface area contributed by atoms with Gasteiger partial charge in [-0.05, 0) is 49.9 Å². The highest BCUT2D eigenvalue weighted by Crippen LogP contribution is 2.22. The van der Waals surface area contributed by atoms with Gasteiger partial charge in [0.2, 0.25) is 0 Å². The van der Waals surface area contributed by atoms with Gasteiger partial charge in [-0.1, -0.05) is 42.5 Å². The molecule has 0 radical (unpaired) electrons. The molecule has 0 amide bonds. The van der Waals surface area contributed by atoms with E-state index in [2.05, 4.69) is 24.3 Å². The Morgan fingerprint density at radius 3 is 2.00 bits per heavy atom. The summed E-state index contributed by atoms with van der Waals surface area (Å²) in [6.45, 7) is 7.02. The van der Waals surface area contributed by atoms with Crippen LogP contribution >= 0.6 is 0 Å². The summed E-state index contributed by atoms with van der Waals surface area (Å²) in [4.78, 5) is 0. The van der Waals surface area contributed by atoms with Crippen LogP contribution in [0.5, 0.6) is 5.75 Å². The van der Waals surface area contributed by atoms with Crippen molar-refractivity contribution in [3.05, 3.63) is 54.6 Å². The van der Waals surface area contributed by atoms with Gasteiger partial charge in [0.15, 0.2) is 6.29 Å². The fourth-order valence-corrected chi connectivity index (χ4v) is 2.57. The largest absolute Gasteiger partial charge is 0.494 e. The lowest BCUT2D eigenvalue weighted by Gasteiger charge is -2.16. The molecular weight excluding hydrogens is 328 g/mol. The highest BCUT2D eigenvalue weighted by Gasteiger charge is 2.07. The van der Waals surface area contributed by atoms with E-state index in [4.69, 9.17) is 18.9 Å². The van der Waals surface area contributed by atoms with E-state index in [0.29, 0.717) is 33.0 Å². The summed E-state index contributed by atoms with van der Waals surface area (Å²) in [5, 5.41) is 0. The molecule has 0 N–H and O–H groups in total. The number of hydrogen-bond donors (Lipinski definition) is 0. The lowest BCUT2D eigenvalue weighted by Crippen LogP contribution is -2.23. The van der Waals surface area contributed by atoms with E-state index in [1.807, 2.05) is 44.2 Å². The van der Waals surface area contributed by atoms with Crippen molar-refractivity contribution in [2.75, 3.05) is 33.0 Å². The molecule has 0 bridgehead atoms. The van der Waals surface area contributed by atoms with Gasteiger partial charge in [-0.2, -0.15) is 0 Å². The zero-order chi connectivity index (χ0) is 18.5. The molecule has 2 aromatic carbocycles. The quantitative estimate of drug-likeness (QED) is 0.376. The van der Waals surface area contributed by atoms with Crippen LogP contribution < -0.4 is 4.74 Å². The van der Waals surface area contributed by atoms with Gasteiger partial charge in [0, 0.05) is 19.8 Å². The van der Waals surface area contributed by atoms with E-state index in [1.54, 1.807) is 0 Å². The van der Waals surface area contributed by atoms with E-state index in [0.717, 1.165) is 18.6 Å². The van der Waals surface area contributed by atoms with Gasteiger partial charge in [-0.25, -0.2) is 0 Å². The Balaban J connectivity index is 1.58. The Bertz CT molecular complexity index is 577. The van der Waals surface area contributed by atoms with Crippen LogP contribution in [-0.2, 0) is 14.2 Å². The third-order valence-corrected chi connectivity index (χ3v) is 3.87. The minimum Gasteiger partial charge on any atom is -0.494 e. The Hall–Kier alpha value is -1.88. The van der Waals surface area contributed by atoms with E-state index in [-0.39, 0.29) is 6.29 Å². The Morgan fingerprint density at radius 1 is 0.731 bits per heavy atom. The molecule has 142 valence electrons. The second-order valence-electron chi connectivity index (χ2n) is 5.86. The summed E-state index contributed by atoms with van der Waals surface area (Å²) >= 11 is 0. The number of benzene rings is 2. The lowest BCUT2D eigenvalue weighted by atomic mass is 10.1. The summed E-state index contributed by atoms with van der Waals surface area (Å²) in [5.41, 5.74) is 2.41. The zero-order valence-electron chi connectivity index (χ0n) is 15.9. The fraction of sp³-hybridized carbons (Fsp3) is 0.455. The van der Waals surface area contributed by atoms with E-state index in [9.17, 15) is 0 Å². The minimum atomic E-state index is -0.260. The summed E-state index contributed by atoms with van der Waals surface area (Å²) in [7, 11) is 0. The fourth-order valence-electron chi connectivity index (χ4n) is 2.57. The van der Waals surface area contributed by atoms with Gasteiger partial charge in [-0.15, -0.1) is 0 Å². The third kappa shape index (κ3) is 7.56. The average molecular weight is 358 g/mol. The molecule has 4 nitrogen and oxygen atoms in total. The van der Waals surface area contributed by atoms with Crippen LogP contribution in [0.2, 0.25) is 0 Å². The molecule has 2 rings (SSSR count). The van der Waals surface area contributed by atoms with Gasteiger partial charge >= 0.3 is 0 Å². The predicted octanol–water partition coefficient (Wildman–Crippen LogP) is 4.93. The topological polar surface area (TPSA) is 36.9 Å². The van der Waals surface area contributed by atoms with Crippen LogP contribution in [0.3, 0.4) is 0 Å². The molecule has 0 unspecified atom stereocenters. The molecule has 0 aliphatic rings. The number of unbranched alkanes of at least 4 members (excludes halogenated alkanes) is 1. The third-order valence-electron chi connectivity index (χ3n) is 3.87. The molecule has 0 saturated heterocycles. The average Bonchev–Trinajstić information content (AvgIpc) is 2.69. The molecule has 4 heteroatoms. The van der Waals surface area contributed by atoms with Gasteiger partial charge in [0.1, 0.15) is 5.75 Å². The molecule has 0 atom stereocenters. The Labute approximate surface area is 157 Å². The maximum atomic E-state index is 5.80. The van der Waals surface area contributed by atoms with Crippen molar-refractivity contribution in [1.29, 1.82) is 0 Å². The van der Waals surface area contributed by atoms with Crippen molar-refractivity contribution in [1.82, 2.24) is 0 Å². The maximum Gasteiger partial charge on any atom is 0.180 e. The highest BCUT2D eigenvalue weighted by atomic mass is 16.7. The Kier molecular flexibility index (Phi) is 9.80. The van der Waals surface area contributed by atoms with Crippen molar-refractivity contribution in [3.63, 3.8) is 0 Å². The second-order valence-corrected chi connectivity index (χ2v) is 5.86. The first-order chi connectivity index (χ1) is 12.8. The first-order valence-corrected chi connectivity index (χ1v) is 9.42. The smallest absolute Gasteiger partial charge is 0.180 e. The summed E-state index contributed by atoms with van der Waals surface area (Å²) in [6, 6.07) is 18.6. The molecule has 26 heavy (non-hydrogen) atoms. The van der Waals surface area contributed by atoms with Crippen LogP contribution in [0.1, 0.15) is 26.7 Å². The molecule has 0 aliphatic carbocycles. The van der Waals surface area contributed by atoms with E-state index < -0.39 is 0 Å². The SMILES string of the molecule is CCOC(COCCCCOc1ccc(-c2ccccc2)cc1)OCC. The van der Waals surface area contributed by atoms with Crippen molar-refractivity contribution < 1.29 is 18.9 Å². The van der Waals surface area contributed by atoms with Crippen molar-refractivity contribution >= 4 is 0 Å². The molecule has 0 aromatic heterocycles. The highest BCUT2D eigenvalue weighted by molar-refractivity contribution is 5.63. The minimum absolute atomic E-state index is 0.260. The molecule has 0 spiro atoms. The first kappa shape index (κ1) is 20.4. The van der Waals surface area contributed by atoms with Crippen LogP contribution in [-0.4, -0.2) is 39.3 Å². The van der Waals surface area contributed by atoms with E-state index >= 15 is 0 Å². The van der Waals surface area contributed by atoms with Gasteiger partial charge in [-0.3, -0.25) is 0 Å². The van der Waals surface area contributed by atoms with Crippen LogP contribution in [0.4, 0.5) is 0 Å². The predicted molar refractivity (Wildman–Crippen MR) is 104 cm³/mol. The lowest BCUT2D eigenvalue weighted by molar-refractivity contribution is -0.167. The molecule has 0 aliphatic heterocycles. The first-order valence-electron chi connectivity index (χ1n) is 9.42. The van der Waals surface area contributed by atoms with Crippen LogP contribution in [0.15, 0.2) is 54.6 Å². The standard InChI is InChI=1S/C22H30O4/c1-3-24-22(25-4-2)18-23-16-8-9-17-26-21-14-12-20(13-15-21)19-10-6-5-7-11-19/h5-7,10-15,22H,3-4,8-9,16-18H2,1-2H3. The monoisotopic (exact) mass is 358 g/mol. The van der Waals surface area contributed by atoms with Crippen LogP contribution in [0.25, 0.3) is 11.1 Å². The van der Waals surface area contributed by atoms with Crippen molar-refractivity contribution in [2.24, 2.45) is 0 Å². The summed E-state index contributed by atoms with van der Waals surface area (Å²) in [6.07, 6.45) is 1.64. The van der Waals surface area contributed by atoms with Crippen LogP contribution in [0, 0.1) is 0 Å².